The van der Waals surface area contributed by atoms with Gasteiger partial charge in [-0.05, 0) is 106 Å². The normalized spacial score (nSPS) is 17.5. The molecule has 3 rings (SSSR count). The zero-order valence-corrected chi connectivity index (χ0v) is 31.7. The van der Waals surface area contributed by atoms with Gasteiger partial charge in [0.25, 0.3) is 5.91 Å². The third kappa shape index (κ3) is 9.97. The molecule has 6 nitrogen and oxygen atoms in total. The number of benzene rings is 1. The number of Topliss-reactive ketones (excluding diaryl/α,β-unsaturated/α-hetero) is 2. The molecule has 0 spiro atoms. The molecule has 260 valence electrons. The number of rotatable bonds is 12. The van der Waals surface area contributed by atoms with Crippen molar-refractivity contribution in [3.63, 3.8) is 0 Å². The summed E-state index contributed by atoms with van der Waals surface area (Å²) in [6.45, 7) is 20.2. The minimum absolute atomic E-state index is 0.0495. The number of thiophene rings is 1. The first kappa shape index (κ1) is 38.9. The predicted octanol–water partition coefficient (Wildman–Crippen LogP) is 9.81. The number of anilines is 1. The molecule has 1 saturated heterocycles. The zero-order valence-electron chi connectivity index (χ0n) is 30.8. The van der Waals surface area contributed by atoms with E-state index in [0.717, 1.165) is 52.8 Å². The lowest BCUT2D eigenvalue weighted by Gasteiger charge is -2.35. The highest BCUT2D eigenvalue weighted by atomic mass is 32.1. The molecule has 2 heterocycles. The Labute approximate surface area is 292 Å². The van der Waals surface area contributed by atoms with Crippen LogP contribution in [0.4, 0.5) is 5.00 Å². The highest BCUT2D eigenvalue weighted by molar-refractivity contribution is 7.16. The number of carbonyl (C=O) groups is 4. The maximum atomic E-state index is 14.1. The van der Waals surface area contributed by atoms with Crippen molar-refractivity contribution in [1.82, 2.24) is 4.90 Å². The van der Waals surface area contributed by atoms with Gasteiger partial charge in [0.15, 0.2) is 11.6 Å². The summed E-state index contributed by atoms with van der Waals surface area (Å²) in [4.78, 5) is 55.2. The Bertz CT molecular complexity index is 1600. The molecule has 1 atom stereocenters. The summed E-state index contributed by atoms with van der Waals surface area (Å²) < 4.78 is 0. The van der Waals surface area contributed by atoms with Crippen molar-refractivity contribution in [2.45, 2.75) is 125 Å². The van der Waals surface area contributed by atoms with Crippen LogP contribution in [-0.2, 0) is 26.2 Å². The molecule has 2 amide bonds. The second-order valence-corrected chi connectivity index (χ2v) is 15.8. The average molecular weight is 673 g/mol. The summed E-state index contributed by atoms with van der Waals surface area (Å²) in [6, 6.07) is 8.29. The van der Waals surface area contributed by atoms with Gasteiger partial charge in [-0.25, -0.2) is 0 Å². The number of ketones is 2. The third-order valence-electron chi connectivity index (χ3n) is 9.45. The summed E-state index contributed by atoms with van der Waals surface area (Å²) in [5, 5.41) is 3.63. The molecule has 48 heavy (non-hydrogen) atoms. The fourth-order valence-corrected chi connectivity index (χ4v) is 6.93. The Morgan fingerprint density at radius 3 is 2.40 bits per heavy atom. The minimum Gasteiger partial charge on any atom is -0.326 e. The molecule has 0 aliphatic carbocycles. The number of aryl methyl sites for hydroxylation is 2. The van der Waals surface area contributed by atoms with Gasteiger partial charge in [-0.15, -0.1) is 11.3 Å². The van der Waals surface area contributed by atoms with E-state index in [1.54, 1.807) is 11.8 Å². The standard InChI is InChI=1S/C41H56N2O4S/c1-11-13-16-32(21-19-27(3)29(5)44)33-24-31(20-18-28(33)4)15-14-17-37(46)42-38-34(26-36(48-38)40(6,7)8)39(47)43-23-22-30(12-2)25-35(45)41(43,9)10/h13,16,18-21,24,26,30H,11-12,14-15,17,22-23,25H2,1-10H3,(H,42,46). The van der Waals surface area contributed by atoms with E-state index >= 15 is 0 Å². The first-order valence-electron chi connectivity index (χ1n) is 17.4. The topological polar surface area (TPSA) is 83.6 Å². The Balaban J connectivity index is 1.80. The lowest BCUT2D eigenvalue weighted by molar-refractivity contribution is -0.127. The molecule has 0 radical (unpaired) electrons. The molecule has 1 aliphatic rings. The summed E-state index contributed by atoms with van der Waals surface area (Å²) in [5.74, 6) is 0.0755. The highest BCUT2D eigenvalue weighted by Crippen LogP contribution is 2.39. The highest BCUT2D eigenvalue weighted by Gasteiger charge is 2.42. The van der Waals surface area contributed by atoms with Crippen LogP contribution in [0.15, 0.2) is 54.1 Å². The number of nitrogens with zero attached hydrogens (tertiary/aromatic N) is 1. The van der Waals surface area contributed by atoms with Gasteiger partial charge in [-0.2, -0.15) is 0 Å². The molecular formula is C41H56N2O4S. The molecule has 7 heteroatoms. The van der Waals surface area contributed by atoms with E-state index in [1.165, 1.54) is 11.3 Å². The Morgan fingerprint density at radius 2 is 1.77 bits per heavy atom. The average Bonchev–Trinajstić information content (AvgIpc) is 3.40. The molecule has 1 fully saturated rings. The van der Waals surface area contributed by atoms with Gasteiger partial charge in [0.1, 0.15) is 5.00 Å². The number of hydrogen-bond donors (Lipinski definition) is 1. The summed E-state index contributed by atoms with van der Waals surface area (Å²) in [7, 11) is 0. The third-order valence-corrected chi connectivity index (χ3v) is 10.9. The second kappa shape index (κ2) is 16.7. The van der Waals surface area contributed by atoms with Crippen LogP contribution in [0.2, 0.25) is 0 Å². The zero-order chi connectivity index (χ0) is 35.8. The van der Waals surface area contributed by atoms with Crippen LogP contribution in [0, 0.1) is 12.8 Å². The number of carbonyl (C=O) groups excluding carboxylic acids is 4. The number of hydrogen-bond acceptors (Lipinski definition) is 5. The molecular weight excluding hydrogens is 617 g/mol. The van der Waals surface area contributed by atoms with Crippen molar-refractivity contribution < 1.29 is 19.2 Å². The van der Waals surface area contributed by atoms with E-state index in [9.17, 15) is 19.2 Å². The van der Waals surface area contributed by atoms with E-state index in [-0.39, 0.29) is 34.7 Å². The van der Waals surface area contributed by atoms with E-state index in [4.69, 9.17) is 0 Å². The summed E-state index contributed by atoms with van der Waals surface area (Å²) in [5.41, 5.74) is 4.46. The van der Waals surface area contributed by atoms with Gasteiger partial charge in [0.2, 0.25) is 5.91 Å². The molecule has 0 bridgehead atoms. The van der Waals surface area contributed by atoms with Crippen LogP contribution in [-0.4, -0.2) is 40.4 Å². The predicted molar refractivity (Wildman–Crippen MR) is 201 cm³/mol. The van der Waals surface area contributed by atoms with Gasteiger partial charge in [-0.1, -0.05) is 83.5 Å². The van der Waals surface area contributed by atoms with Gasteiger partial charge < -0.3 is 10.2 Å². The van der Waals surface area contributed by atoms with Gasteiger partial charge in [0.05, 0.1) is 11.1 Å². The van der Waals surface area contributed by atoms with E-state index in [1.807, 2.05) is 39.0 Å². The number of amides is 2. The summed E-state index contributed by atoms with van der Waals surface area (Å²) >= 11 is 1.45. The monoisotopic (exact) mass is 672 g/mol. The number of likely N-dealkylation sites (tertiary alicyclic amines) is 1. The maximum Gasteiger partial charge on any atom is 0.257 e. The first-order chi connectivity index (χ1) is 22.5. The van der Waals surface area contributed by atoms with Crippen molar-refractivity contribution in [3.8, 4) is 0 Å². The lowest BCUT2D eigenvalue weighted by atomic mass is 9.90. The molecule has 1 aromatic carbocycles. The van der Waals surface area contributed by atoms with Crippen LogP contribution < -0.4 is 5.32 Å². The van der Waals surface area contributed by atoms with Crippen molar-refractivity contribution in [2.75, 3.05) is 11.9 Å². The molecule has 0 saturated carbocycles. The summed E-state index contributed by atoms with van der Waals surface area (Å²) in [6.07, 6.45) is 12.8. The largest absolute Gasteiger partial charge is 0.326 e. The minimum atomic E-state index is -0.914. The Morgan fingerprint density at radius 1 is 1.06 bits per heavy atom. The van der Waals surface area contributed by atoms with Gasteiger partial charge in [0, 0.05) is 24.3 Å². The van der Waals surface area contributed by atoms with Crippen molar-refractivity contribution in [1.29, 1.82) is 0 Å². The van der Waals surface area contributed by atoms with E-state index < -0.39 is 5.54 Å². The van der Waals surface area contributed by atoms with E-state index in [0.29, 0.717) is 41.9 Å². The first-order valence-corrected chi connectivity index (χ1v) is 18.3. The van der Waals surface area contributed by atoms with Crippen LogP contribution in [0.3, 0.4) is 0 Å². The fourth-order valence-electron chi connectivity index (χ4n) is 5.81. The smallest absolute Gasteiger partial charge is 0.257 e. The van der Waals surface area contributed by atoms with Gasteiger partial charge >= 0.3 is 0 Å². The number of nitrogens with one attached hydrogen (secondary N) is 1. The number of allylic oxidation sites excluding steroid dienone is 6. The van der Waals surface area contributed by atoms with Crippen LogP contribution >= 0.6 is 11.3 Å². The van der Waals surface area contributed by atoms with Crippen LogP contribution in [0.1, 0.15) is 133 Å². The maximum absolute atomic E-state index is 14.1. The van der Waals surface area contributed by atoms with Crippen molar-refractivity contribution >= 4 is 45.3 Å². The second-order valence-electron chi connectivity index (χ2n) is 14.7. The van der Waals surface area contributed by atoms with E-state index in [2.05, 4.69) is 77.2 Å². The Hall–Kier alpha value is -3.58. The fraction of sp³-hybridized carbons (Fsp3) is 0.512. The van der Waals surface area contributed by atoms with Crippen molar-refractivity contribution in [3.05, 3.63) is 81.3 Å². The van der Waals surface area contributed by atoms with Crippen LogP contribution in [0.5, 0.6) is 0 Å². The van der Waals surface area contributed by atoms with Gasteiger partial charge in [-0.3, -0.25) is 19.2 Å². The molecule has 2 aromatic rings. The van der Waals surface area contributed by atoms with Crippen molar-refractivity contribution in [2.24, 2.45) is 5.92 Å². The molecule has 1 aromatic heterocycles. The lowest BCUT2D eigenvalue weighted by Crippen LogP contribution is -2.52. The SMILES string of the molecule is CCC=CC(=CC=C(C)C(C)=O)c1cc(CCCC(=O)Nc2sc(C(C)(C)C)cc2C(=O)N2CCC(CC)CC(=O)C2(C)C)ccc1C. The quantitative estimate of drug-likeness (QED) is 0.180. The molecule has 1 unspecified atom stereocenters. The molecule has 1 aliphatic heterocycles. The Kier molecular flexibility index (Phi) is 13.5. The molecule has 1 N–H and O–H groups in total. The van der Waals surface area contributed by atoms with Crippen LogP contribution in [0.25, 0.3) is 5.57 Å².